The average molecular weight is 241 g/mol. The van der Waals surface area contributed by atoms with Crippen molar-refractivity contribution in [2.45, 2.75) is 26.5 Å². The molecule has 0 aromatic carbocycles. The van der Waals surface area contributed by atoms with Gasteiger partial charge >= 0.3 is 0 Å². The quantitative estimate of drug-likeness (QED) is 0.855. The van der Waals surface area contributed by atoms with Crippen LogP contribution in [0.4, 0.5) is 0 Å². The van der Waals surface area contributed by atoms with Crippen LogP contribution in [0.1, 0.15) is 15.6 Å². The molecule has 0 radical (unpaired) electrons. The topological polar surface area (TPSA) is 51.4 Å². The van der Waals surface area contributed by atoms with E-state index in [2.05, 4.69) is 23.7 Å². The number of ether oxygens (including phenoxy) is 1. The average Bonchev–Trinajstić information content (AvgIpc) is 2.58. The van der Waals surface area contributed by atoms with Crippen molar-refractivity contribution in [1.29, 1.82) is 0 Å². The molecule has 1 aromatic rings. The van der Waals surface area contributed by atoms with Crippen molar-refractivity contribution in [3.8, 4) is 0 Å². The van der Waals surface area contributed by atoms with Gasteiger partial charge in [0.25, 0.3) is 0 Å². The fourth-order valence-corrected chi connectivity index (χ4v) is 2.97. The number of rotatable bonds is 3. The maximum absolute atomic E-state index is 5.63. The molecule has 2 rings (SSSR count). The van der Waals surface area contributed by atoms with Crippen molar-refractivity contribution < 1.29 is 4.74 Å². The molecule has 1 atom stereocenters. The van der Waals surface area contributed by atoms with E-state index < -0.39 is 0 Å². The van der Waals surface area contributed by atoms with Crippen LogP contribution in [0, 0.1) is 13.8 Å². The monoisotopic (exact) mass is 241 g/mol. The van der Waals surface area contributed by atoms with E-state index in [0.717, 1.165) is 31.2 Å². The minimum Gasteiger partial charge on any atom is -0.374 e. The zero-order valence-corrected chi connectivity index (χ0v) is 10.7. The summed E-state index contributed by atoms with van der Waals surface area (Å²) >= 11 is 1.79. The third kappa shape index (κ3) is 2.79. The van der Waals surface area contributed by atoms with Gasteiger partial charge in [0.2, 0.25) is 0 Å². The summed E-state index contributed by atoms with van der Waals surface area (Å²) in [5.74, 6) is 0. The van der Waals surface area contributed by atoms with Crippen LogP contribution in [0.25, 0.3) is 0 Å². The number of aromatic nitrogens is 1. The summed E-state index contributed by atoms with van der Waals surface area (Å²) in [6.45, 7) is 8.45. The molecule has 1 aliphatic heterocycles. The lowest BCUT2D eigenvalue weighted by Crippen LogP contribution is -2.45. The SMILES string of the molecule is Cc1nc(C)c(CN2CCOC(CN)C2)s1. The Morgan fingerprint density at radius 2 is 2.38 bits per heavy atom. The molecule has 0 bridgehead atoms. The predicted octanol–water partition coefficient (Wildman–Crippen LogP) is 0.919. The molecule has 1 fully saturated rings. The first-order valence-electron chi connectivity index (χ1n) is 5.66. The van der Waals surface area contributed by atoms with Gasteiger partial charge in [-0.05, 0) is 13.8 Å². The van der Waals surface area contributed by atoms with Gasteiger partial charge < -0.3 is 10.5 Å². The largest absolute Gasteiger partial charge is 0.374 e. The Morgan fingerprint density at radius 1 is 1.56 bits per heavy atom. The van der Waals surface area contributed by atoms with Crippen molar-refractivity contribution in [3.05, 3.63) is 15.6 Å². The highest BCUT2D eigenvalue weighted by molar-refractivity contribution is 7.11. The highest BCUT2D eigenvalue weighted by Crippen LogP contribution is 2.20. The fraction of sp³-hybridized carbons (Fsp3) is 0.727. The molecule has 1 unspecified atom stereocenters. The van der Waals surface area contributed by atoms with Crippen LogP contribution < -0.4 is 5.73 Å². The van der Waals surface area contributed by atoms with Crippen molar-refractivity contribution in [1.82, 2.24) is 9.88 Å². The van der Waals surface area contributed by atoms with E-state index in [4.69, 9.17) is 10.5 Å². The predicted molar refractivity (Wildman–Crippen MR) is 65.7 cm³/mol. The number of aryl methyl sites for hydroxylation is 2. The molecule has 2 heterocycles. The summed E-state index contributed by atoms with van der Waals surface area (Å²) in [4.78, 5) is 8.23. The summed E-state index contributed by atoms with van der Waals surface area (Å²) in [6, 6.07) is 0. The summed E-state index contributed by atoms with van der Waals surface area (Å²) in [5, 5.41) is 1.15. The molecular weight excluding hydrogens is 222 g/mol. The van der Waals surface area contributed by atoms with Gasteiger partial charge in [-0.2, -0.15) is 0 Å². The Labute approximate surface area is 100 Å². The van der Waals surface area contributed by atoms with Gasteiger partial charge in [-0.3, -0.25) is 4.90 Å². The maximum Gasteiger partial charge on any atom is 0.0900 e. The lowest BCUT2D eigenvalue weighted by atomic mass is 10.2. The zero-order valence-electron chi connectivity index (χ0n) is 9.90. The van der Waals surface area contributed by atoms with Crippen molar-refractivity contribution in [2.24, 2.45) is 5.73 Å². The Morgan fingerprint density at radius 3 is 3.00 bits per heavy atom. The number of thiazole rings is 1. The van der Waals surface area contributed by atoms with Crippen LogP contribution in [0.3, 0.4) is 0 Å². The molecule has 5 heteroatoms. The van der Waals surface area contributed by atoms with Crippen LogP contribution >= 0.6 is 11.3 Å². The van der Waals surface area contributed by atoms with Crippen LogP contribution in [0.15, 0.2) is 0 Å². The second kappa shape index (κ2) is 5.23. The van der Waals surface area contributed by atoms with E-state index >= 15 is 0 Å². The van der Waals surface area contributed by atoms with E-state index in [0.29, 0.717) is 6.54 Å². The van der Waals surface area contributed by atoms with Crippen LogP contribution in [0.2, 0.25) is 0 Å². The Kier molecular flexibility index (Phi) is 3.91. The number of nitrogens with two attached hydrogens (primary N) is 1. The van der Waals surface area contributed by atoms with Gasteiger partial charge in [-0.1, -0.05) is 0 Å². The molecule has 90 valence electrons. The third-order valence-corrected chi connectivity index (χ3v) is 3.91. The number of hydrogen-bond donors (Lipinski definition) is 1. The number of hydrogen-bond acceptors (Lipinski definition) is 5. The molecule has 0 spiro atoms. The van der Waals surface area contributed by atoms with Gasteiger partial charge in [-0.25, -0.2) is 4.98 Å². The Balaban J connectivity index is 1.96. The van der Waals surface area contributed by atoms with Gasteiger partial charge in [0.05, 0.1) is 23.4 Å². The first kappa shape index (κ1) is 12.0. The Hall–Kier alpha value is -0.490. The summed E-state index contributed by atoms with van der Waals surface area (Å²) in [5.41, 5.74) is 6.80. The van der Waals surface area contributed by atoms with Crippen LogP contribution in [0.5, 0.6) is 0 Å². The second-order valence-electron chi connectivity index (χ2n) is 4.21. The third-order valence-electron chi connectivity index (χ3n) is 2.85. The van der Waals surface area contributed by atoms with Crippen molar-refractivity contribution >= 4 is 11.3 Å². The second-order valence-corrected chi connectivity index (χ2v) is 5.49. The molecule has 2 N–H and O–H groups in total. The first-order valence-corrected chi connectivity index (χ1v) is 6.47. The highest BCUT2D eigenvalue weighted by Gasteiger charge is 2.20. The lowest BCUT2D eigenvalue weighted by Gasteiger charge is -2.31. The van der Waals surface area contributed by atoms with Gasteiger partial charge in [0, 0.05) is 31.1 Å². The van der Waals surface area contributed by atoms with E-state index in [-0.39, 0.29) is 6.10 Å². The molecule has 0 saturated carbocycles. The molecule has 16 heavy (non-hydrogen) atoms. The van der Waals surface area contributed by atoms with E-state index in [9.17, 15) is 0 Å². The molecule has 4 nitrogen and oxygen atoms in total. The zero-order chi connectivity index (χ0) is 11.5. The standard InChI is InChI=1S/C11H19N3OS/c1-8-11(16-9(2)13-8)7-14-3-4-15-10(5-12)6-14/h10H,3-7,12H2,1-2H3. The Bertz CT molecular complexity index is 353. The highest BCUT2D eigenvalue weighted by atomic mass is 32.1. The molecular formula is C11H19N3OS. The summed E-state index contributed by atoms with van der Waals surface area (Å²) in [7, 11) is 0. The first-order chi connectivity index (χ1) is 7.69. The van der Waals surface area contributed by atoms with Gasteiger partial charge in [0.15, 0.2) is 0 Å². The lowest BCUT2D eigenvalue weighted by molar-refractivity contribution is -0.0258. The van der Waals surface area contributed by atoms with Crippen LogP contribution in [-0.2, 0) is 11.3 Å². The smallest absolute Gasteiger partial charge is 0.0900 e. The molecule has 1 saturated heterocycles. The van der Waals surface area contributed by atoms with E-state index in [1.165, 1.54) is 10.6 Å². The minimum atomic E-state index is 0.197. The van der Waals surface area contributed by atoms with E-state index in [1.54, 1.807) is 11.3 Å². The molecule has 1 aromatic heterocycles. The van der Waals surface area contributed by atoms with Gasteiger partial charge in [0.1, 0.15) is 0 Å². The normalized spacial score (nSPS) is 22.6. The number of nitrogens with zero attached hydrogens (tertiary/aromatic N) is 2. The summed E-state index contributed by atoms with van der Waals surface area (Å²) in [6.07, 6.45) is 0.197. The summed E-state index contributed by atoms with van der Waals surface area (Å²) < 4.78 is 5.55. The minimum absolute atomic E-state index is 0.197. The van der Waals surface area contributed by atoms with Crippen LogP contribution in [-0.4, -0.2) is 42.2 Å². The maximum atomic E-state index is 5.63. The van der Waals surface area contributed by atoms with Crippen molar-refractivity contribution in [2.75, 3.05) is 26.2 Å². The molecule has 0 aliphatic carbocycles. The van der Waals surface area contributed by atoms with Gasteiger partial charge in [-0.15, -0.1) is 11.3 Å². The molecule has 0 amide bonds. The van der Waals surface area contributed by atoms with E-state index in [1.807, 2.05) is 0 Å². The molecule has 1 aliphatic rings. The number of morpholine rings is 1. The van der Waals surface area contributed by atoms with Crippen molar-refractivity contribution in [3.63, 3.8) is 0 Å². The fourth-order valence-electron chi connectivity index (χ4n) is 1.99.